The largest absolute Gasteiger partial charge is 0.409 e. The molecule has 1 amide bonds. The number of halogens is 2. The first-order valence-corrected chi connectivity index (χ1v) is 6.33. The van der Waals surface area contributed by atoms with E-state index in [4.69, 9.17) is 22.5 Å². The summed E-state index contributed by atoms with van der Waals surface area (Å²) in [6.45, 7) is 1.75. The summed E-state index contributed by atoms with van der Waals surface area (Å²) in [5.41, 5.74) is 5.74. The maximum Gasteiger partial charge on any atom is 0.253 e. The maximum absolute atomic E-state index is 11.9. The number of hydrogen-bond donors (Lipinski definition) is 3. The number of nitrogens with zero attached hydrogens (tertiary/aromatic N) is 1. The van der Waals surface area contributed by atoms with E-state index in [1.54, 1.807) is 25.1 Å². The van der Waals surface area contributed by atoms with Gasteiger partial charge in [-0.05, 0) is 25.1 Å². The first-order chi connectivity index (χ1) is 8.43. The van der Waals surface area contributed by atoms with Gasteiger partial charge in [0.05, 0.1) is 10.6 Å². The molecule has 0 bridgehead atoms. The molecule has 0 heterocycles. The van der Waals surface area contributed by atoms with Gasteiger partial charge in [0.15, 0.2) is 0 Å². The van der Waals surface area contributed by atoms with E-state index in [-0.39, 0.29) is 24.2 Å². The fraction of sp³-hybridized carbons (Fsp3) is 0.273. The molecule has 5 nitrogen and oxygen atoms in total. The summed E-state index contributed by atoms with van der Waals surface area (Å²) in [6, 6.07) is 4.74. The third-order valence-electron chi connectivity index (χ3n) is 2.20. The Bertz CT molecular complexity index is 479. The third kappa shape index (κ3) is 4.19. The lowest BCUT2D eigenvalue weighted by Crippen LogP contribution is -2.35. The molecule has 18 heavy (non-hydrogen) atoms. The molecule has 0 saturated carbocycles. The van der Waals surface area contributed by atoms with E-state index in [0.29, 0.717) is 10.6 Å². The Morgan fingerprint density at radius 2 is 2.33 bits per heavy atom. The Labute approximate surface area is 118 Å². The van der Waals surface area contributed by atoms with Gasteiger partial charge in [0, 0.05) is 16.9 Å². The Morgan fingerprint density at radius 3 is 2.89 bits per heavy atom. The van der Waals surface area contributed by atoms with Crippen molar-refractivity contribution in [1.82, 2.24) is 5.32 Å². The van der Waals surface area contributed by atoms with E-state index >= 15 is 0 Å². The van der Waals surface area contributed by atoms with Crippen LogP contribution >= 0.6 is 27.5 Å². The van der Waals surface area contributed by atoms with Crippen molar-refractivity contribution in [2.45, 2.75) is 19.4 Å². The molecule has 0 saturated heterocycles. The molecule has 0 aromatic heterocycles. The first kappa shape index (κ1) is 14.8. The number of carbonyl (C=O) groups is 1. The van der Waals surface area contributed by atoms with Gasteiger partial charge in [-0.3, -0.25) is 4.79 Å². The van der Waals surface area contributed by atoms with Crippen LogP contribution in [0.15, 0.2) is 27.8 Å². The lowest BCUT2D eigenvalue weighted by molar-refractivity contribution is 0.0941. The van der Waals surface area contributed by atoms with Crippen LogP contribution < -0.4 is 11.1 Å². The van der Waals surface area contributed by atoms with Crippen molar-refractivity contribution in [3.8, 4) is 0 Å². The smallest absolute Gasteiger partial charge is 0.253 e. The number of nitrogens with two attached hydrogens (primary N) is 1. The molecule has 0 aliphatic rings. The summed E-state index contributed by atoms with van der Waals surface area (Å²) in [6.07, 6.45) is 0.260. The molecular weight excluding hydrogens is 321 g/mol. The average molecular weight is 335 g/mol. The van der Waals surface area contributed by atoms with Gasteiger partial charge in [-0.1, -0.05) is 32.7 Å². The minimum atomic E-state index is -0.300. The molecule has 0 aliphatic carbocycles. The molecule has 1 rings (SSSR count). The van der Waals surface area contributed by atoms with Crippen molar-refractivity contribution in [2.24, 2.45) is 10.9 Å². The Morgan fingerprint density at radius 1 is 1.67 bits per heavy atom. The van der Waals surface area contributed by atoms with E-state index in [2.05, 4.69) is 26.4 Å². The van der Waals surface area contributed by atoms with E-state index in [1.807, 2.05) is 0 Å². The lowest BCUT2D eigenvalue weighted by atomic mass is 10.1. The van der Waals surface area contributed by atoms with Crippen LogP contribution in [0.1, 0.15) is 23.7 Å². The van der Waals surface area contributed by atoms with Crippen molar-refractivity contribution >= 4 is 39.3 Å². The normalized spacial score (nSPS) is 13.2. The highest BCUT2D eigenvalue weighted by Crippen LogP contribution is 2.21. The Balaban J connectivity index is 2.71. The molecule has 0 fully saturated rings. The van der Waals surface area contributed by atoms with Crippen molar-refractivity contribution in [3.05, 3.63) is 33.3 Å². The topological polar surface area (TPSA) is 87.7 Å². The van der Waals surface area contributed by atoms with Gasteiger partial charge in [-0.15, -0.1) is 0 Å². The van der Waals surface area contributed by atoms with Gasteiger partial charge in [-0.2, -0.15) is 0 Å². The zero-order valence-corrected chi connectivity index (χ0v) is 12.0. The molecule has 0 spiro atoms. The predicted octanol–water partition coefficient (Wildman–Crippen LogP) is 2.36. The van der Waals surface area contributed by atoms with Gasteiger partial charge in [0.1, 0.15) is 5.84 Å². The quantitative estimate of drug-likeness (QED) is 0.342. The van der Waals surface area contributed by atoms with Crippen LogP contribution in [0.2, 0.25) is 5.02 Å². The minimum absolute atomic E-state index is 0.0599. The highest BCUT2D eigenvalue weighted by atomic mass is 79.9. The van der Waals surface area contributed by atoms with Gasteiger partial charge >= 0.3 is 0 Å². The molecule has 1 aromatic rings. The summed E-state index contributed by atoms with van der Waals surface area (Å²) in [4.78, 5) is 11.9. The summed E-state index contributed by atoms with van der Waals surface area (Å²) in [5, 5.41) is 14.4. The number of oxime groups is 1. The SMILES string of the molecule is CC(CC(N)=NO)NC(=O)c1ccc(Br)cc1Cl. The van der Waals surface area contributed by atoms with E-state index in [0.717, 1.165) is 4.47 Å². The molecular formula is C11H13BrClN3O2. The van der Waals surface area contributed by atoms with Crippen LogP contribution in [-0.4, -0.2) is 23.0 Å². The van der Waals surface area contributed by atoms with Gasteiger partial charge in [-0.25, -0.2) is 0 Å². The second kappa shape index (κ2) is 6.61. The molecule has 1 aromatic carbocycles. The van der Waals surface area contributed by atoms with Crippen LogP contribution in [0.4, 0.5) is 0 Å². The number of hydrogen-bond acceptors (Lipinski definition) is 3. The first-order valence-electron chi connectivity index (χ1n) is 5.16. The molecule has 98 valence electrons. The zero-order valence-electron chi connectivity index (χ0n) is 9.65. The highest BCUT2D eigenvalue weighted by molar-refractivity contribution is 9.10. The van der Waals surface area contributed by atoms with Crippen LogP contribution in [0.5, 0.6) is 0 Å². The fourth-order valence-corrected chi connectivity index (χ4v) is 2.14. The fourth-order valence-electron chi connectivity index (χ4n) is 1.38. The van der Waals surface area contributed by atoms with Crippen LogP contribution in [0.25, 0.3) is 0 Å². The minimum Gasteiger partial charge on any atom is -0.409 e. The summed E-state index contributed by atoms with van der Waals surface area (Å²) >= 11 is 9.22. The molecule has 0 radical (unpaired) electrons. The highest BCUT2D eigenvalue weighted by Gasteiger charge is 2.14. The molecule has 0 aliphatic heterocycles. The van der Waals surface area contributed by atoms with E-state index in [1.165, 1.54) is 0 Å². The van der Waals surface area contributed by atoms with E-state index in [9.17, 15) is 4.79 Å². The summed E-state index contributed by atoms with van der Waals surface area (Å²) in [5.74, 6) is -0.240. The van der Waals surface area contributed by atoms with Crippen molar-refractivity contribution in [3.63, 3.8) is 0 Å². The van der Waals surface area contributed by atoms with Crippen LogP contribution in [0.3, 0.4) is 0 Å². The number of benzene rings is 1. The second-order valence-electron chi connectivity index (χ2n) is 3.79. The Hall–Kier alpha value is -1.27. The second-order valence-corrected chi connectivity index (χ2v) is 5.12. The number of nitrogens with one attached hydrogen (secondary N) is 1. The summed E-state index contributed by atoms with van der Waals surface area (Å²) in [7, 11) is 0. The van der Waals surface area contributed by atoms with Crippen molar-refractivity contribution in [2.75, 3.05) is 0 Å². The van der Waals surface area contributed by atoms with Crippen LogP contribution in [-0.2, 0) is 0 Å². The molecule has 1 unspecified atom stereocenters. The Kier molecular flexibility index (Phi) is 5.43. The molecule has 4 N–H and O–H groups in total. The molecule has 1 atom stereocenters. The average Bonchev–Trinajstić information content (AvgIpc) is 2.28. The molecule has 7 heteroatoms. The number of rotatable bonds is 4. The summed E-state index contributed by atoms with van der Waals surface area (Å²) < 4.78 is 0.800. The predicted molar refractivity (Wildman–Crippen MR) is 74.1 cm³/mol. The van der Waals surface area contributed by atoms with Gasteiger partial charge < -0.3 is 16.3 Å². The van der Waals surface area contributed by atoms with E-state index < -0.39 is 0 Å². The number of carbonyl (C=O) groups excluding carboxylic acids is 1. The maximum atomic E-state index is 11.9. The number of amidine groups is 1. The van der Waals surface area contributed by atoms with Crippen molar-refractivity contribution < 1.29 is 10.0 Å². The van der Waals surface area contributed by atoms with Crippen LogP contribution in [0, 0.1) is 0 Å². The zero-order chi connectivity index (χ0) is 13.7. The lowest BCUT2D eigenvalue weighted by Gasteiger charge is -2.13. The van der Waals surface area contributed by atoms with Gasteiger partial charge in [0.25, 0.3) is 5.91 Å². The number of amides is 1. The van der Waals surface area contributed by atoms with Crippen molar-refractivity contribution in [1.29, 1.82) is 0 Å². The third-order valence-corrected chi connectivity index (χ3v) is 3.00. The standard InChI is InChI=1S/C11H13BrClN3O2/c1-6(4-10(14)16-18)15-11(17)8-3-2-7(12)5-9(8)13/h2-3,5-6,18H,4H2,1H3,(H2,14,16)(H,15,17). The van der Waals surface area contributed by atoms with Gasteiger partial charge in [0.2, 0.25) is 0 Å². The monoisotopic (exact) mass is 333 g/mol.